The second kappa shape index (κ2) is 16.5. The summed E-state index contributed by atoms with van der Waals surface area (Å²) in [6, 6.07) is 98.4. The lowest BCUT2D eigenvalue weighted by Gasteiger charge is -2.30. The Bertz CT molecular complexity index is 3900. The summed E-state index contributed by atoms with van der Waals surface area (Å²) in [5, 5.41) is 7.44. The van der Waals surface area contributed by atoms with E-state index in [0.717, 1.165) is 22.6 Å². The van der Waals surface area contributed by atoms with Crippen molar-refractivity contribution in [3.8, 4) is 55.6 Å². The monoisotopic (exact) mass is 877 g/mol. The number of rotatable bonds is 8. The van der Waals surface area contributed by atoms with Gasteiger partial charge in [-0.2, -0.15) is 0 Å². The van der Waals surface area contributed by atoms with Crippen molar-refractivity contribution in [1.29, 1.82) is 0 Å². The molecule has 0 aromatic heterocycles. The Hall–Kier alpha value is -8.78. The highest BCUT2D eigenvalue weighted by atomic mass is 15.1. The molecule has 1 aliphatic carbocycles. The Morgan fingerprint density at radius 1 is 0.290 bits per heavy atom. The van der Waals surface area contributed by atoms with Crippen molar-refractivity contribution in [3.63, 3.8) is 0 Å². The predicted octanol–water partition coefficient (Wildman–Crippen LogP) is 18.6. The Kier molecular flexibility index (Phi) is 9.70. The fourth-order valence-corrected chi connectivity index (χ4v) is 11.5. The van der Waals surface area contributed by atoms with Gasteiger partial charge in [0.25, 0.3) is 0 Å². The minimum Gasteiger partial charge on any atom is -0.309 e. The first-order valence-corrected chi connectivity index (χ1v) is 24.0. The summed E-state index contributed by atoms with van der Waals surface area (Å²) >= 11 is 0. The van der Waals surface area contributed by atoms with Gasteiger partial charge in [0.2, 0.25) is 0 Å². The van der Waals surface area contributed by atoms with Crippen LogP contribution in [-0.4, -0.2) is 0 Å². The third-order valence-electron chi connectivity index (χ3n) is 14.8. The van der Waals surface area contributed by atoms with Gasteiger partial charge in [-0.05, 0) is 131 Å². The van der Waals surface area contributed by atoms with Crippen molar-refractivity contribution in [1.82, 2.24) is 0 Å². The summed E-state index contributed by atoms with van der Waals surface area (Å²) in [7, 11) is 0. The number of fused-ring (bicyclic) bond motifs is 7. The molecule has 1 unspecified atom stereocenters. The third-order valence-corrected chi connectivity index (χ3v) is 14.8. The molecule has 0 spiro atoms. The number of hydrogen-bond donors (Lipinski definition) is 0. The molecule has 12 aromatic rings. The first-order valence-electron chi connectivity index (χ1n) is 24.0. The molecule has 0 fully saturated rings. The van der Waals surface area contributed by atoms with Crippen molar-refractivity contribution in [3.05, 3.63) is 284 Å². The van der Waals surface area contributed by atoms with Gasteiger partial charge in [-0.25, -0.2) is 0 Å². The highest BCUT2D eigenvalue weighted by Crippen LogP contribution is 2.54. The van der Waals surface area contributed by atoms with Crippen molar-refractivity contribution in [2.75, 3.05) is 4.90 Å². The van der Waals surface area contributed by atoms with E-state index in [1.165, 1.54) is 99.1 Å². The van der Waals surface area contributed by atoms with E-state index in [1.807, 2.05) is 0 Å². The Balaban J connectivity index is 1.01. The lowest BCUT2D eigenvalue weighted by Crippen LogP contribution is -2.22. The first kappa shape index (κ1) is 40.5. The van der Waals surface area contributed by atoms with Crippen LogP contribution < -0.4 is 4.90 Å². The molecule has 1 aliphatic rings. The van der Waals surface area contributed by atoms with Gasteiger partial charge in [0, 0.05) is 22.2 Å². The fourth-order valence-electron chi connectivity index (χ4n) is 11.5. The first-order chi connectivity index (χ1) is 34.1. The molecule has 0 aliphatic heterocycles. The molecule has 0 bridgehead atoms. The summed E-state index contributed by atoms with van der Waals surface area (Å²) < 4.78 is 0. The van der Waals surface area contributed by atoms with Crippen molar-refractivity contribution in [2.24, 2.45) is 0 Å². The van der Waals surface area contributed by atoms with Crippen LogP contribution in [0.4, 0.5) is 17.1 Å². The van der Waals surface area contributed by atoms with E-state index < -0.39 is 0 Å². The lowest BCUT2D eigenvalue weighted by atomic mass is 9.74. The zero-order valence-corrected chi connectivity index (χ0v) is 38.4. The number of hydrogen-bond acceptors (Lipinski definition) is 1. The molecule has 1 nitrogen and oxygen atoms in total. The quantitative estimate of drug-likeness (QED) is 0.138. The second-order valence-electron chi connectivity index (χ2n) is 18.5. The zero-order chi connectivity index (χ0) is 45.9. The van der Waals surface area contributed by atoms with Crippen LogP contribution in [0.3, 0.4) is 0 Å². The molecule has 12 aromatic carbocycles. The average molecular weight is 878 g/mol. The molecule has 1 heteroatoms. The predicted molar refractivity (Wildman–Crippen MR) is 293 cm³/mol. The molecule has 13 rings (SSSR count). The van der Waals surface area contributed by atoms with E-state index in [2.05, 4.69) is 279 Å². The van der Waals surface area contributed by atoms with Gasteiger partial charge in [-0.15, -0.1) is 0 Å². The van der Waals surface area contributed by atoms with Gasteiger partial charge in [-0.3, -0.25) is 0 Å². The number of para-hydroxylation sites is 2. The normalized spacial score (nSPS) is 13.9. The van der Waals surface area contributed by atoms with Gasteiger partial charge < -0.3 is 4.90 Å². The van der Waals surface area contributed by atoms with E-state index in [1.54, 1.807) is 0 Å². The minimum atomic E-state index is -0.275. The maximum absolute atomic E-state index is 2.49. The van der Waals surface area contributed by atoms with E-state index in [9.17, 15) is 0 Å². The second-order valence-corrected chi connectivity index (χ2v) is 18.5. The average Bonchev–Trinajstić information content (AvgIpc) is 3.69. The van der Waals surface area contributed by atoms with Crippen LogP contribution in [0.5, 0.6) is 0 Å². The Morgan fingerprint density at radius 3 is 1.59 bits per heavy atom. The number of nitrogens with zero attached hydrogens (tertiary/aromatic N) is 1. The van der Waals surface area contributed by atoms with Crippen molar-refractivity contribution in [2.45, 2.75) is 12.3 Å². The standard InChI is InChI=1S/C68H47N/c1-68(51-24-6-3-7-25-51)63-34-13-10-27-58(63)59-44-40-50(45-64(59)68)46-37-41-52(42-38-46)69(65-35-14-11-28-60(65)56-32-18-31-55-53-26-9-8-21-48(53)39-43-57(55)56)66-36-15-12-29-61(66)62-33-17-23-49-22-16-30-54(67(49)62)47-19-4-2-5-20-47/h2-45H,1H3. The summed E-state index contributed by atoms with van der Waals surface area (Å²) in [5.41, 5.74) is 19.2. The van der Waals surface area contributed by atoms with Gasteiger partial charge in [0.15, 0.2) is 0 Å². The molecule has 0 N–H and O–H groups in total. The van der Waals surface area contributed by atoms with Crippen molar-refractivity contribution >= 4 is 49.4 Å². The maximum atomic E-state index is 2.49. The molecule has 0 saturated carbocycles. The molecule has 1 atom stereocenters. The molecule has 0 heterocycles. The molecule has 0 saturated heterocycles. The Labute approximate surface area is 403 Å². The largest absolute Gasteiger partial charge is 0.309 e. The molecule has 324 valence electrons. The van der Waals surface area contributed by atoms with Gasteiger partial charge >= 0.3 is 0 Å². The molecular formula is C68H47N. The summed E-state index contributed by atoms with van der Waals surface area (Å²) in [6.07, 6.45) is 0. The van der Waals surface area contributed by atoms with Crippen LogP contribution in [0.15, 0.2) is 267 Å². The Morgan fingerprint density at radius 2 is 0.826 bits per heavy atom. The highest BCUT2D eigenvalue weighted by molar-refractivity contribution is 6.14. The SMILES string of the molecule is CC1(c2ccccc2)c2ccccc2-c2ccc(-c3ccc(N(c4ccccc4-c4cccc5c4ccc4ccccc45)c4ccccc4-c4cccc5cccc(-c6ccccc6)c45)cc3)cc21. The molecule has 0 amide bonds. The van der Waals surface area contributed by atoms with Gasteiger partial charge in [-0.1, -0.05) is 237 Å². The van der Waals surface area contributed by atoms with Crippen LogP contribution in [0.1, 0.15) is 23.6 Å². The van der Waals surface area contributed by atoms with E-state index in [-0.39, 0.29) is 5.41 Å². The van der Waals surface area contributed by atoms with Gasteiger partial charge in [0.1, 0.15) is 0 Å². The van der Waals surface area contributed by atoms with E-state index in [0.29, 0.717) is 0 Å². The lowest BCUT2D eigenvalue weighted by molar-refractivity contribution is 0.714. The van der Waals surface area contributed by atoms with Gasteiger partial charge in [0.05, 0.1) is 11.4 Å². The fraction of sp³-hybridized carbons (Fsp3) is 0.0294. The van der Waals surface area contributed by atoms with Crippen LogP contribution in [0.25, 0.3) is 88.0 Å². The maximum Gasteiger partial charge on any atom is 0.0540 e. The van der Waals surface area contributed by atoms with Crippen LogP contribution in [-0.2, 0) is 5.41 Å². The van der Waals surface area contributed by atoms with E-state index in [4.69, 9.17) is 0 Å². The van der Waals surface area contributed by atoms with Crippen molar-refractivity contribution < 1.29 is 0 Å². The molecule has 69 heavy (non-hydrogen) atoms. The number of anilines is 3. The minimum absolute atomic E-state index is 0.275. The summed E-state index contributed by atoms with van der Waals surface area (Å²) in [6.45, 7) is 2.39. The molecular weight excluding hydrogens is 831 g/mol. The van der Waals surface area contributed by atoms with Crippen LogP contribution >= 0.6 is 0 Å². The summed E-state index contributed by atoms with van der Waals surface area (Å²) in [5.74, 6) is 0. The molecule has 0 radical (unpaired) electrons. The third kappa shape index (κ3) is 6.61. The smallest absolute Gasteiger partial charge is 0.0540 e. The highest BCUT2D eigenvalue weighted by Gasteiger charge is 2.40. The van der Waals surface area contributed by atoms with Crippen LogP contribution in [0, 0.1) is 0 Å². The zero-order valence-electron chi connectivity index (χ0n) is 38.4. The van der Waals surface area contributed by atoms with Crippen LogP contribution in [0.2, 0.25) is 0 Å². The topological polar surface area (TPSA) is 3.24 Å². The summed E-state index contributed by atoms with van der Waals surface area (Å²) in [4.78, 5) is 2.49. The number of benzene rings is 12. The van der Waals surface area contributed by atoms with E-state index >= 15 is 0 Å².